The first-order valence-corrected chi connectivity index (χ1v) is 8.75. The highest BCUT2D eigenvalue weighted by atomic mass is 32.2. The van der Waals surface area contributed by atoms with E-state index in [0.29, 0.717) is 18.7 Å². The summed E-state index contributed by atoms with van der Waals surface area (Å²) < 4.78 is 5.88. The first kappa shape index (κ1) is 15.4. The Morgan fingerprint density at radius 3 is 2.91 bits per heavy atom. The van der Waals surface area contributed by atoms with Crippen LogP contribution < -0.4 is 0 Å². The molecule has 1 aliphatic rings. The van der Waals surface area contributed by atoms with E-state index < -0.39 is 5.60 Å². The minimum Gasteiger partial charge on any atom is -0.461 e. The van der Waals surface area contributed by atoms with E-state index in [4.69, 9.17) is 4.42 Å². The van der Waals surface area contributed by atoms with Gasteiger partial charge in [-0.2, -0.15) is 11.8 Å². The monoisotopic (exact) mass is 319 g/mol. The number of benzene rings is 1. The van der Waals surface area contributed by atoms with E-state index in [1.807, 2.05) is 31.2 Å². The Bertz CT molecular complexity index is 688. The number of carbonyl (C=O) groups excluding carboxylic acids is 1. The molecule has 0 saturated carbocycles. The van der Waals surface area contributed by atoms with Crippen LogP contribution in [0.4, 0.5) is 0 Å². The van der Waals surface area contributed by atoms with Crippen LogP contribution in [0.15, 0.2) is 28.7 Å². The quantitative estimate of drug-likeness (QED) is 0.941. The first-order chi connectivity index (χ1) is 10.5. The smallest absolute Gasteiger partial charge is 0.255 e. The van der Waals surface area contributed by atoms with Crippen LogP contribution >= 0.6 is 11.8 Å². The third-order valence-corrected chi connectivity index (χ3v) is 5.42. The largest absolute Gasteiger partial charge is 0.461 e. The predicted molar refractivity (Wildman–Crippen MR) is 89.0 cm³/mol. The maximum atomic E-state index is 12.6. The summed E-state index contributed by atoms with van der Waals surface area (Å²) in [6.07, 6.45) is 1.32. The zero-order chi connectivity index (χ0) is 15.7. The fraction of sp³-hybridized carbons (Fsp3) is 0.471. The Kier molecular flexibility index (Phi) is 4.19. The molecule has 1 fully saturated rings. The van der Waals surface area contributed by atoms with E-state index >= 15 is 0 Å². The molecule has 1 aromatic carbocycles. The zero-order valence-electron chi connectivity index (χ0n) is 13.0. The second-order valence-corrected chi connectivity index (χ2v) is 6.95. The molecule has 1 amide bonds. The molecular formula is C17H21NO3S. The number of thioether (sulfide) groups is 1. The standard InChI is InChI=1S/C17H21NO3S/c1-3-14-13(12-6-4-5-7-15(12)21-14)10-18(2)16(19)17(20)8-9-22-11-17/h4-7,20H,3,8-11H2,1-2H3. The summed E-state index contributed by atoms with van der Waals surface area (Å²) in [6.45, 7) is 2.51. The van der Waals surface area contributed by atoms with Gasteiger partial charge in [0.1, 0.15) is 11.3 Å². The molecule has 3 rings (SSSR count). The number of amides is 1. The number of likely N-dealkylation sites (N-methyl/N-ethyl adjacent to an activating group) is 1. The number of furan rings is 1. The molecule has 0 spiro atoms. The summed E-state index contributed by atoms with van der Waals surface area (Å²) in [6, 6.07) is 7.89. The lowest BCUT2D eigenvalue weighted by Crippen LogP contribution is -2.47. The molecule has 22 heavy (non-hydrogen) atoms. The number of aryl methyl sites for hydroxylation is 1. The SMILES string of the molecule is CCc1oc2ccccc2c1CN(C)C(=O)C1(O)CCSC1. The van der Waals surface area contributed by atoms with Crippen molar-refractivity contribution in [2.45, 2.75) is 31.9 Å². The summed E-state index contributed by atoms with van der Waals surface area (Å²) in [5.41, 5.74) is 0.694. The number of rotatable bonds is 4. The maximum Gasteiger partial charge on any atom is 0.255 e. The van der Waals surface area contributed by atoms with Crippen LogP contribution in [0.25, 0.3) is 11.0 Å². The average molecular weight is 319 g/mol. The van der Waals surface area contributed by atoms with Gasteiger partial charge >= 0.3 is 0 Å². The van der Waals surface area contributed by atoms with Gasteiger partial charge in [0.2, 0.25) is 0 Å². The summed E-state index contributed by atoms with van der Waals surface area (Å²) in [7, 11) is 1.75. The van der Waals surface area contributed by atoms with Crippen LogP contribution in [0.2, 0.25) is 0 Å². The molecule has 1 aliphatic heterocycles. The molecule has 4 nitrogen and oxygen atoms in total. The van der Waals surface area contributed by atoms with Crippen molar-refractivity contribution < 1.29 is 14.3 Å². The summed E-state index contributed by atoms with van der Waals surface area (Å²) in [5, 5.41) is 11.5. The first-order valence-electron chi connectivity index (χ1n) is 7.60. The summed E-state index contributed by atoms with van der Waals surface area (Å²) >= 11 is 1.63. The van der Waals surface area contributed by atoms with Gasteiger partial charge in [0, 0.05) is 36.7 Å². The van der Waals surface area contributed by atoms with Crippen molar-refractivity contribution in [2.24, 2.45) is 0 Å². The van der Waals surface area contributed by atoms with Crippen molar-refractivity contribution in [1.29, 1.82) is 0 Å². The van der Waals surface area contributed by atoms with Gasteiger partial charge in [0.05, 0.1) is 0 Å². The molecule has 1 unspecified atom stereocenters. The van der Waals surface area contributed by atoms with Gasteiger partial charge in [0.25, 0.3) is 5.91 Å². The summed E-state index contributed by atoms with van der Waals surface area (Å²) in [4.78, 5) is 14.2. The molecule has 1 N–H and O–H groups in total. The molecule has 1 aromatic heterocycles. The molecule has 5 heteroatoms. The highest BCUT2D eigenvalue weighted by Gasteiger charge is 2.41. The normalized spacial score (nSPS) is 21.4. The minimum absolute atomic E-state index is 0.190. The van der Waals surface area contributed by atoms with Crippen molar-refractivity contribution in [1.82, 2.24) is 4.90 Å². The van der Waals surface area contributed by atoms with Crippen molar-refractivity contribution >= 4 is 28.6 Å². The van der Waals surface area contributed by atoms with Gasteiger partial charge in [-0.25, -0.2) is 0 Å². The van der Waals surface area contributed by atoms with E-state index in [1.54, 1.807) is 23.7 Å². The van der Waals surface area contributed by atoms with E-state index in [9.17, 15) is 9.90 Å². The molecule has 0 bridgehead atoms. The number of fused-ring (bicyclic) bond motifs is 1. The highest BCUT2D eigenvalue weighted by molar-refractivity contribution is 7.99. The van der Waals surface area contributed by atoms with Gasteiger partial charge in [-0.15, -0.1) is 0 Å². The average Bonchev–Trinajstić information content (AvgIpc) is 3.12. The second-order valence-electron chi connectivity index (χ2n) is 5.85. The molecular weight excluding hydrogens is 298 g/mol. The zero-order valence-corrected chi connectivity index (χ0v) is 13.8. The Hall–Kier alpha value is -1.46. The van der Waals surface area contributed by atoms with Crippen molar-refractivity contribution in [3.8, 4) is 0 Å². The summed E-state index contributed by atoms with van der Waals surface area (Å²) in [5.74, 6) is 2.05. The van der Waals surface area contributed by atoms with Crippen molar-refractivity contribution in [3.63, 3.8) is 0 Å². The van der Waals surface area contributed by atoms with Gasteiger partial charge in [0.15, 0.2) is 5.60 Å². The molecule has 1 saturated heterocycles. The number of hydrogen-bond acceptors (Lipinski definition) is 4. The van der Waals surface area contributed by atoms with Crippen LogP contribution in [0.1, 0.15) is 24.7 Å². The van der Waals surface area contributed by atoms with E-state index in [-0.39, 0.29) is 5.91 Å². The number of hydrogen-bond donors (Lipinski definition) is 1. The molecule has 0 radical (unpaired) electrons. The number of nitrogens with zero attached hydrogens (tertiary/aromatic N) is 1. The molecule has 118 valence electrons. The van der Waals surface area contributed by atoms with Crippen LogP contribution in [0.5, 0.6) is 0 Å². The van der Waals surface area contributed by atoms with E-state index in [2.05, 4.69) is 0 Å². The molecule has 2 heterocycles. The lowest BCUT2D eigenvalue weighted by atomic mass is 10.0. The van der Waals surface area contributed by atoms with E-state index in [0.717, 1.165) is 34.5 Å². The minimum atomic E-state index is -1.20. The fourth-order valence-electron chi connectivity index (χ4n) is 3.00. The molecule has 2 aromatic rings. The van der Waals surface area contributed by atoms with Crippen LogP contribution in [-0.2, 0) is 17.8 Å². The number of aliphatic hydroxyl groups is 1. The highest BCUT2D eigenvalue weighted by Crippen LogP contribution is 2.31. The van der Waals surface area contributed by atoms with Gasteiger partial charge in [-0.1, -0.05) is 25.1 Å². The Labute approximate surface area is 134 Å². The second kappa shape index (κ2) is 5.97. The Morgan fingerprint density at radius 1 is 1.45 bits per heavy atom. The predicted octanol–water partition coefficient (Wildman–Crippen LogP) is 2.82. The number of para-hydroxylation sites is 1. The lowest BCUT2D eigenvalue weighted by Gasteiger charge is -2.27. The van der Waals surface area contributed by atoms with Crippen LogP contribution in [0.3, 0.4) is 0 Å². The van der Waals surface area contributed by atoms with Crippen molar-refractivity contribution in [3.05, 3.63) is 35.6 Å². The molecule has 0 aliphatic carbocycles. The third kappa shape index (κ3) is 2.63. The topological polar surface area (TPSA) is 53.7 Å². The van der Waals surface area contributed by atoms with Gasteiger partial charge < -0.3 is 14.4 Å². The van der Waals surface area contributed by atoms with Crippen LogP contribution in [-0.4, -0.2) is 40.1 Å². The van der Waals surface area contributed by atoms with Crippen LogP contribution in [0, 0.1) is 0 Å². The van der Waals surface area contributed by atoms with Gasteiger partial charge in [-0.05, 0) is 18.2 Å². The number of carbonyl (C=O) groups is 1. The van der Waals surface area contributed by atoms with E-state index in [1.165, 1.54) is 0 Å². The third-order valence-electron chi connectivity index (χ3n) is 4.24. The Balaban J connectivity index is 1.87. The van der Waals surface area contributed by atoms with Gasteiger partial charge in [-0.3, -0.25) is 4.79 Å². The Morgan fingerprint density at radius 2 is 2.23 bits per heavy atom. The fourth-order valence-corrected chi connectivity index (χ4v) is 4.23. The molecule has 1 atom stereocenters. The lowest BCUT2D eigenvalue weighted by molar-refractivity contribution is -0.147. The van der Waals surface area contributed by atoms with Crippen molar-refractivity contribution in [2.75, 3.05) is 18.6 Å². The maximum absolute atomic E-state index is 12.6.